The van der Waals surface area contributed by atoms with Gasteiger partial charge in [-0.25, -0.2) is 4.98 Å². The molecule has 0 amide bonds. The normalized spacial score (nSPS) is 11.3. The summed E-state index contributed by atoms with van der Waals surface area (Å²) in [4.78, 5) is 8.29. The van der Waals surface area contributed by atoms with E-state index in [2.05, 4.69) is 67.9 Å². The molecule has 132 valence electrons. The van der Waals surface area contributed by atoms with Crippen LogP contribution in [0.5, 0.6) is 0 Å². The largest absolute Gasteiger partial charge is 0.360 e. The highest BCUT2D eigenvalue weighted by Gasteiger charge is 2.18. The Balaban J connectivity index is 1.78. The molecular formula is C22H17BrN4. The number of H-pyrrole nitrogens is 1. The molecule has 2 aromatic carbocycles. The number of nitrogens with zero attached hydrogens (tertiary/aromatic N) is 2. The second-order valence-electron chi connectivity index (χ2n) is 6.57. The summed E-state index contributed by atoms with van der Waals surface area (Å²) in [6.07, 6.45) is 4.08. The molecule has 0 saturated carbocycles. The van der Waals surface area contributed by atoms with Crippen LogP contribution in [0.1, 0.15) is 5.56 Å². The molecule has 3 aromatic heterocycles. The third kappa shape index (κ3) is 2.71. The lowest BCUT2D eigenvalue weighted by molar-refractivity contribution is 1.17. The number of pyridine rings is 1. The van der Waals surface area contributed by atoms with Crippen molar-refractivity contribution in [2.75, 3.05) is 5.32 Å². The zero-order valence-electron chi connectivity index (χ0n) is 14.7. The van der Waals surface area contributed by atoms with E-state index in [1.165, 1.54) is 5.56 Å². The van der Waals surface area contributed by atoms with Crippen LogP contribution in [0.2, 0.25) is 0 Å². The molecule has 0 spiro atoms. The Morgan fingerprint density at radius 2 is 1.81 bits per heavy atom. The Morgan fingerprint density at radius 1 is 1.00 bits per heavy atom. The first-order valence-electron chi connectivity index (χ1n) is 8.77. The smallest absolute Gasteiger partial charge is 0.143 e. The summed E-state index contributed by atoms with van der Waals surface area (Å²) in [6, 6.07) is 20.6. The molecule has 3 heterocycles. The van der Waals surface area contributed by atoms with Crippen molar-refractivity contribution in [3.63, 3.8) is 0 Å². The second-order valence-corrected chi connectivity index (χ2v) is 7.49. The summed E-state index contributed by atoms with van der Waals surface area (Å²) in [5.74, 6) is 0.949. The lowest BCUT2D eigenvalue weighted by Crippen LogP contribution is -1.98. The standard InChI is InChI=1S/C22H17BrN4/c1-14-6-2-4-8-18(14)25-22-21(26-20-11-10-15(23)13-27(20)22)17-12-24-19-9-5-3-7-16(17)19/h2-13,24-25H,1H3. The monoisotopic (exact) mass is 416 g/mol. The number of halogens is 1. The number of hydrogen-bond acceptors (Lipinski definition) is 2. The summed E-state index contributed by atoms with van der Waals surface area (Å²) in [7, 11) is 0. The molecule has 5 rings (SSSR count). The van der Waals surface area contributed by atoms with Crippen molar-refractivity contribution in [2.45, 2.75) is 6.92 Å². The predicted molar refractivity (Wildman–Crippen MR) is 115 cm³/mol. The lowest BCUT2D eigenvalue weighted by atomic mass is 10.1. The fraction of sp³-hybridized carbons (Fsp3) is 0.0455. The van der Waals surface area contributed by atoms with Crippen molar-refractivity contribution in [1.29, 1.82) is 0 Å². The topological polar surface area (TPSA) is 45.1 Å². The second kappa shape index (κ2) is 6.28. The Hall–Kier alpha value is -3.05. The average molecular weight is 417 g/mol. The highest BCUT2D eigenvalue weighted by molar-refractivity contribution is 9.10. The van der Waals surface area contributed by atoms with Crippen LogP contribution >= 0.6 is 15.9 Å². The molecule has 0 unspecified atom stereocenters. The van der Waals surface area contributed by atoms with Crippen LogP contribution in [0.25, 0.3) is 27.8 Å². The van der Waals surface area contributed by atoms with E-state index in [0.717, 1.165) is 43.8 Å². The highest BCUT2D eigenvalue weighted by atomic mass is 79.9. The predicted octanol–water partition coefficient (Wildman–Crippen LogP) is 6.30. The van der Waals surface area contributed by atoms with Crippen molar-refractivity contribution in [2.24, 2.45) is 0 Å². The molecule has 5 aromatic rings. The van der Waals surface area contributed by atoms with Crippen LogP contribution in [0, 0.1) is 6.92 Å². The average Bonchev–Trinajstić information content (AvgIpc) is 3.25. The number of aryl methyl sites for hydroxylation is 1. The molecule has 0 aliphatic carbocycles. The van der Waals surface area contributed by atoms with Gasteiger partial charge in [0, 0.05) is 39.0 Å². The Kier molecular flexibility index (Phi) is 3.76. The van der Waals surface area contributed by atoms with Gasteiger partial charge in [-0.2, -0.15) is 0 Å². The van der Waals surface area contributed by atoms with Gasteiger partial charge >= 0.3 is 0 Å². The van der Waals surface area contributed by atoms with Crippen molar-refractivity contribution in [3.8, 4) is 11.3 Å². The Labute approximate surface area is 165 Å². The molecule has 27 heavy (non-hydrogen) atoms. The molecule has 0 bridgehead atoms. The van der Waals surface area contributed by atoms with Gasteiger partial charge in [0.15, 0.2) is 0 Å². The maximum atomic E-state index is 4.93. The van der Waals surface area contributed by atoms with E-state index in [4.69, 9.17) is 4.98 Å². The van der Waals surface area contributed by atoms with Crippen LogP contribution in [0.4, 0.5) is 11.5 Å². The van der Waals surface area contributed by atoms with Crippen molar-refractivity contribution >= 4 is 44.0 Å². The summed E-state index contributed by atoms with van der Waals surface area (Å²) in [6.45, 7) is 2.10. The minimum Gasteiger partial charge on any atom is -0.360 e. The SMILES string of the molecule is Cc1ccccc1Nc1c(-c2c[nH]c3ccccc23)nc2ccc(Br)cn12. The van der Waals surface area contributed by atoms with E-state index < -0.39 is 0 Å². The van der Waals surface area contributed by atoms with Gasteiger partial charge in [0.1, 0.15) is 17.2 Å². The van der Waals surface area contributed by atoms with Gasteiger partial charge in [-0.3, -0.25) is 4.40 Å². The molecule has 4 nitrogen and oxygen atoms in total. The van der Waals surface area contributed by atoms with Crippen LogP contribution < -0.4 is 5.32 Å². The highest BCUT2D eigenvalue weighted by Crippen LogP contribution is 2.36. The lowest BCUT2D eigenvalue weighted by Gasteiger charge is -2.11. The van der Waals surface area contributed by atoms with Crippen molar-refractivity contribution in [3.05, 3.63) is 83.1 Å². The third-order valence-corrected chi connectivity index (χ3v) is 5.29. The van der Waals surface area contributed by atoms with Gasteiger partial charge in [-0.15, -0.1) is 0 Å². The van der Waals surface area contributed by atoms with Gasteiger partial charge in [-0.1, -0.05) is 36.4 Å². The van der Waals surface area contributed by atoms with E-state index in [1.807, 2.05) is 42.7 Å². The molecule has 0 radical (unpaired) electrons. The quantitative estimate of drug-likeness (QED) is 0.362. The number of fused-ring (bicyclic) bond motifs is 2. The minimum atomic E-state index is 0.898. The molecule has 0 aliphatic rings. The van der Waals surface area contributed by atoms with Crippen molar-refractivity contribution < 1.29 is 0 Å². The summed E-state index contributed by atoms with van der Waals surface area (Å²) in [5.41, 5.74) is 6.27. The number of aromatic nitrogens is 3. The molecule has 5 heteroatoms. The van der Waals surface area contributed by atoms with Gasteiger partial charge < -0.3 is 10.3 Å². The zero-order chi connectivity index (χ0) is 18.4. The van der Waals surface area contributed by atoms with Gasteiger partial charge in [0.25, 0.3) is 0 Å². The summed E-state index contributed by atoms with van der Waals surface area (Å²) >= 11 is 3.58. The molecule has 0 atom stereocenters. The van der Waals surface area contributed by atoms with E-state index in [9.17, 15) is 0 Å². The Morgan fingerprint density at radius 3 is 2.70 bits per heavy atom. The van der Waals surface area contributed by atoms with Crippen LogP contribution in [-0.2, 0) is 0 Å². The molecule has 0 saturated heterocycles. The molecular weight excluding hydrogens is 400 g/mol. The maximum absolute atomic E-state index is 4.93. The maximum Gasteiger partial charge on any atom is 0.143 e. The van der Waals surface area contributed by atoms with Gasteiger partial charge in [0.2, 0.25) is 0 Å². The van der Waals surface area contributed by atoms with E-state index in [0.29, 0.717) is 0 Å². The van der Waals surface area contributed by atoms with E-state index in [1.54, 1.807) is 0 Å². The first-order chi connectivity index (χ1) is 13.2. The number of para-hydroxylation sites is 2. The number of nitrogens with one attached hydrogen (secondary N) is 2. The first kappa shape index (κ1) is 16.1. The molecule has 2 N–H and O–H groups in total. The number of rotatable bonds is 3. The third-order valence-electron chi connectivity index (χ3n) is 4.82. The number of anilines is 2. The number of hydrogen-bond donors (Lipinski definition) is 2. The fourth-order valence-electron chi connectivity index (χ4n) is 3.43. The van der Waals surface area contributed by atoms with E-state index >= 15 is 0 Å². The zero-order valence-corrected chi connectivity index (χ0v) is 16.3. The first-order valence-corrected chi connectivity index (χ1v) is 9.57. The summed E-state index contributed by atoms with van der Waals surface area (Å²) < 4.78 is 3.10. The van der Waals surface area contributed by atoms with Gasteiger partial charge in [-0.05, 0) is 52.7 Å². The minimum absolute atomic E-state index is 0.898. The van der Waals surface area contributed by atoms with E-state index in [-0.39, 0.29) is 0 Å². The number of imidazole rings is 1. The Bertz CT molecular complexity index is 1280. The van der Waals surface area contributed by atoms with Crippen molar-refractivity contribution in [1.82, 2.24) is 14.4 Å². The number of benzene rings is 2. The van der Waals surface area contributed by atoms with Crippen LogP contribution in [-0.4, -0.2) is 14.4 Å². The molecule has 0 fully saturated rings. The van der Waals surface area contributed by atoms with Crippen LogP contribution in [0.3, 0.4) is 0 Å². The molecule has 0 aliphatic heterocycles. The van der Waals surface area contributed by atoms with Crippen LogP contribution in [0.15, 0.2) is 77.5 Å². The number of aromatic amines is 1. The summed E-state index contributed by atoms with van der Waals surface area (Å²) in [5, 5.41) is 4.77. The van der Waals surface area contributed by atoms with Gasteiger partial charge in [0.05, 0.1) is 0 Å². The fourth-order valence-corrected chi connectivity index (χ4v) is 3.77.